The lowest BCUT2D eigenvalue weighted by Gasteiger charge is -2.39. The van der Waals surface area contributed by atoms with Gasteiger partial charge in [0.05, 0.1) is 31.8 Å². The predicted octanol–water partition coefficient (Wildman–Crippen LogP) is 2.75. The fraction of sp³-hybridized carbons (Fsp3) is 0.682. The van der Waals surface area contributed by atoms with Crippen LogP contribution in [0.5, 0.6) is 0 Å². The van der Waals surface area contributed by atoms with Crippen molar-refractivity contribution in [2.45, 2.75) is 63.8 Å². The second-order valence-corrected chi connectivity index (χ2v) is 9.54. The number of carbonyl (C=O) groups is 1. The van der Waals surface area contributed by atoms with E-state index in [-0.39, 0.29) is 5.97 Å². The Morgan fingerprint density at radius 1 is 1.26 bits per heavy atom. The fourth-order valence-electron chi connectivity index (χ4n) is 5.01. The largest absolute Gasteiger partial charge is 0.464 e. The van der Waals surface area contributed by atoms with E-state index in [1.54, 1.807) is 17.7 Å². The number of thiophene rings is 1. The van der Waals surface area contributed by atoms with Crippen molar-refractivity contribution in [3.05, 3.63) is 16.8 Å². The van der Waals surface area contributed by atoms with E-state index in [1.807, 2.05) is 6.92 Å². The highest BCUT2D eigenvalue weighted by Crippen LogP contribution is 2.39. The van der Waals surface area contributed by atoms with E-state index >= 15 is 0 Å². The van der Waals surface area contributed by atoms with Gasteiger partial charge < -0.3 is 19.5 Å². The van der Waals surface area contributed by atoms with Gasteiger partial charge in [-0.3, -0.25) is 4.90 Å². The Hall–Kier alpha value is -1.81. The zero-order valence-electron chi connectivity index (χ0n) is 18.0. The van der Waals surface area contributed by atoms with Gasteiger partial charge in [-0.25, -0.2) is 14.8 Å². The molecular formula is C22H30N4O4S. The lowest BCUT2D eigenvalue weighted by molar-refractivity contribution is -0.158. The van der Waals surface area contributed by atoms with Crippen molar-refractivity contribution in [2.75, 3.05) is 38.2 Å². The van der Waals surface area contributed by atoms with E-state index in [4.69, 9.17) is 14.2 Å². The molecule has 1 saturated carbocycles. The number of esters is 1. The molecule has 2 aliphatic heterocycles. The molecule has 0 bridgehead atoms. The third kappa shape index (κ3) is 4.41. The molecule has 8 nitrogen and oxygen atoms in total. The molecule has 168 valence electrons. The monoisotopic (exact) mass is 446 g/mol. The number of rotatable bonds is 5. The standard InChI is InChI=1S/C22H30N4O4S/c1-2-29-22(27)17-11-16-18(12-30-17)31-21-19(16)20(23-13-24-21)25-14-3-5-15(6-4-14)26-7-9-28-10-8-26/h13-15,17H,2-12H2,1H3,(H,23,24,25). The zero-order valence-corrected chi connectivity index (χ0v) is 18.8. The average Bonchev–Trinajstić information content (AvgIpc) is 3.19. The molecule has 2 fully saturated rings. The van der Waals surface area contributed by atoms with Crippen LogP contribution in [0.2, 0.25) is 0 Å². The maximum Gasteiger partial charge on any atom is 0.335 e. The van der Waals surface area contributed by atoms with Crippen LogP contribution in [-0.4, -0.2) is 71.9 Å². The van der Waals surface area contributed by atoms with E-state index in [1.165, 1.54) is 12.8 Å². The number of ether oxygens (including phenoxy) is 3. The molecule has 1 aliphatic carbocycles. The summed E-state index contributed by atoms with van der Waals surface area (Å²) in [5.41, 5.74) is 1.13. The van der Waals surface area contributed by atoms with Gasteiger partial charge in [-0.2, -0.15) is 0 Å². The van der Waals surface area contributed by atoms with E-state index in [0.717, 1.165) is 65.6 Å². The Bertz CT molecular complexity index is 922. The van der Waals surface area contributed by atoms with Crippen LogP contribution < -0.4 is 5.32 Å². The van der Waals surface area contributed by atoms with Crippen LogP contribution in [0.15, 0.2) is 6.33 Å². The van der Waals surface area contributed by atoms with Crippen LogP contribution in [0.25, 0.3) is 10.2 Å². The molecule has 4 heterocycles. The molecule has 1 N–H and O–H groups in total. The van der Waals surface area contributed by atoms with E-state index in [2.05, 4.69) is 20.2 Å². The summed E-state index contributed by atoms with van der Waals surface area (Å²) in [4.78, 5) is 26.0. The van der Waals surface area contributed by atoms with E-state index in [0.29, 0.717) is 31.7 Å². The van der Waals surface area contributed by atoms with Gasteiger partial charge in [-0.05, 0) is 38.2 Å². The number of anilines is 1. The third-order valence-electron chi connectivity index (χ3n) is 6.62. The van der Waals surface area contributed by atoms with Crippen molar-refractivity contribution in [1.82, 2.24) is 14.9 Å². The van der Waals surface area contributed by atoms with Crippen molar-refractivity contribution in [2.24, 2.45) is 0 Å². The van der Waals surface area contributed by atoms with Gasteiger partial charge in [-0.1, -0.05) is 0 Å². The normalized spacial score (nSPS) is 27.1. The Morgan fingerprint density at radius 3 is 2.84 bits per heavy atom. The second-order valence-electron chi connectivity index (χ2n) is 8.46. The Kier molecular flexibility index (Phi) is 6.36. The van der Waals surface area contributed by atoms with Crippen LogP contribution in [0.4, 0.5) is 5.82 Å². The number of nitrogens with one attached hydrogen (secondary N) is 1. The van der Waals surface area contributed by atoms with Gasteiger partial charge in [0.25, 0.3) is 0 Å². The number of hydrogen-bond acceptors (Lipinski definition) is 9. The minimum atomic E-state index is -0.553. The third-order valence-corrected chi connectivity index (χ3v) is 7.74. The Balaban J connectivity index is 1.30. The minimum Gasteiger partial charge on any atom is -0.464 e. The lowest BCUT2D eigenvalue weighted by Crippen LogP contribution is -2.46. The summed E-state index contributed by atoms with van der Waals surface area (Å²) >= 11 is 1.64. The first-order valence-corrected chi connectivity index (χ1v) is 12.2. The summed E-state index contributed by atoms with van der Waals surface area (Å²) in [6, 6.07) is 1.08. The molecule has 0 radical (unpaired) electrons. The summed E-state index contributed by atoms with van der Waals surface area (Å²) in [7, 11) is 0. The van der Waals surface area contributed by atoms with Crippen LogP contribution in [-0.2, 0) is 32.0 Å². The van der Waals surface area contributed by atoms with Crippen molar-refractivity contribution in [3.8, 4) is 0 Å². The molecular weight excluding hydrogens is 416 g/mol. The number of aromatic nitrogens is 2. The topological polar surface area (TPSA) is 85.8 Å². The maximum atomic E-state index is 12.2. The highest BCUT2D eigenvalue weighted by molar-refractivity contribution is 7.18. The molecule has 2 aromatic rings. The van der Waals surface area contributed by atoms with Crippen LogP contribution in [0.3, 0.4) is 0 Å². The fourth-order valence-corrected chi connectivity index (χ4v) is 6.10. The lowest BCUT2D eigenvalue weighted by atomic mass is 9.90. The molecule has 31 heavy (non-hydrogen) atoms. The first-order chi connectivity index (χ1) is 15.2. The van der Waals surface area contributed by atoms with Gasteiger partial charge >= 0.3 is 5.97 Å². The summed E-state index contributed by atoms with van der Waals surface area (Å²) < 4.78 is 16.4. The molecule has 3 aliphatic rings. The van der Waals surface area contributed by atoms with Crippen molar-refractivity contribution < 1.29 is 19.0 Å². The number of morpholine rings is 1. The molecule has 1 atom stereocenters. The quantitative estimate of drug-likeness (QED) is 0.702. The minimum absolute atomic E-state index is 0.291. The predicted molar refractivity (Wildman–Crippen MR) is 118 cm³/mol. The maximum absolute atomic E-state index is 12.2. The molecule has 0 spiro atoms. The molecule has 0 amide bonds. The van der Waals surface area contributed by atoms with E-state index in [9.17, 15) is 4.79 Å². The average molecular weight is 447 g/mol. The number of carbonyl (C=O) groups excluding carboxylic acids is 1. The van der Waals surface area contributed by atoms with Gasteiger partial charge in [0.15, 0.2) is 6.10 Å². The number of fused-ring (bicyclic) bond motifs is 3. The Labute approximate surface area is 186 Å². The second kappa shape index (κ2) is 9.36. The highest BCUT2D eigenvalue weighted by atomic mass is 32.1. The van der Waals surface area contributed by atoms with Gasteiger partial charge in [0, 0.05) is 36.5 Å². The number of nitrogens with zero attached hydrogens (tertiary/aromatic N) is 3. The van der Waals surface area contributed by atoms with Crippen molar-refractivity contribution >= 4 is 33.3 Å². The molecule has 0 aromatic carbocycles. The first-order valence-electron chi connectivity index (χ1n) is 11.3. The Morgan fingerprint density at radius 2 is 2.06 bits per heavy atom. The van der Waals surface area contributed by atoms with Gasteiger partial charge in [0.2, 0.25) is 0 Å². The molecule has 5 rings (SSSR count). The molecule has 1 saturated heterocycles. The number of hydrogen-bond donors (Lipinski definition) is 1. The summed E-state index contributed by atoms with van der Waals surface area (Å²) in [5.74, 6) is 0.599. The van der Waals surface area contributed by atoms with Crippen molar-refractivity contribution in [3.63, 3.8) is 0 Å². The SMILES string of the molecule is CCOC(=O)C1Cc2c(sc3ncnc(NC4CCC(N5CCOCC5)CC4)c23)CO1. The van der Waals surface area contributed by atoms with Crippen LogP contribution >= 0.6 is 11.3 Å². The summed E-state index contributed by atoms with van der Waals surface area (Å²) in [5, 5.41) is 4.76. The van der Waals surface area contributed by atoms with Gasteiger partial charge in [-0.15, -0.1) is 11.3 Å². The smallest absolute Gasteiger partial charge is 0.335 e. The summed E-state index contributed by atoms with van der Waals surface area (Å²) in [6.07, 6.45) is 6.26. The van der Waals surface area contributed by atoms with Crippen LogP contribution in [0.1, 0.15) is 43.0 Å². The van der Waals surface area contributed by atoms with E-state index < -0.39 is 6.10 Å². The highest BCUT2D eigenvalue weighted by Gasteiger charge is 2.32. The molecule has 1 unspecified atom stereocenters. The molecule has 2 aromatic heterocycles. The molecule has 9 heteroatoms. The van der Waals surface area contributed by atoms with Crippen molar-refractivity contribution in [1.29, 1.82) is 0 Å². The van der Waals surface area contributed by atoms with Gasteiger partial charge in [0.1, 0.15) is 17.0 Å². The first kappa shape index (κ1) is 21.1. The summed E-state index contributed by atoms with van der Waals surface area (Å²) in [6.45, 7) is 6.42. The van der Waals surface area contributed by atoms with Crippen LogP contribution in [0, 0.1) is 0 Å². The zero-order chi connectivity index (χ0) is 21.2.